The van der Waals surface area contributed by atoms with Crippen LogP contribution in [0.15, 0.2) is 33.6 Å². The summed E-state index contributed by atoms with van der Waals surface area (Å²) in [6.45, 7) is 5.02. The minimum absolute atomic E-state index is 0.0446. The Morgan fingerprint density at radius 2 is 1.79 bits per heavy atom. The van der Waals surface area contributed by atoms with Gasteiger partial charge in [-0.05, 0) is 45.2 Å². The number of anilines is 1. The van der Waals surface area contributed by atoms with Gasteiger partial charge in [0.1, 0.15) is 22.0 Å². The van der Waals surface area contributed by atoms with E-state index in [0.717, 1.165) is 18.4 Å². The van der Waals surface area contributed by atoms with Gasteiger partial charge in [0.25, 0.3) is 5.91 Å². The van der Waals surface area contributed by atoms with Gasteiger partial charge in [-0.3, -0.25) is 4.79 Å². The van der Waals surface area contributed by atoms with Gasteiger partial charge in [-0.1, -0.05) is 18.2 Å². The van der Waals surface area contributed by atoms with Crippen LogP contribution in [0.4, 0.5) is 5.69 Å². The van der Waals surface area contributed by atoms with Gasteiger partial charge < -0.3 is 9.73 Å². The number of hydrogen-bond donors (Lipinski definition) is 2. The molecule has 128 valence electrons. The lowest BCUT2D eigenvalue weighted by atomic mass is 10.2. The molecule has 0 aliphatic heterocycles. The van der Waals surface area contributed by atoms with Crippen LogP contribution in [-0.4, -0.2) is 20.4 Å². The number of rotatable bonds is 5. The summed E-state index contributed by atoms with van der Waals surface area (Å²) in [4.78, 5) is 12.6. The summed E-state index contributed by atoms with van der Waals surface area (Å²) in [6, 6.07) is 7.27. The van der Waals surface area contributed by atoms with Crippen molar-refractivity contribution in [2.24, 2.45) is 0 Å². The molecule has 2 aromatic rings. The lowest BCUT2D eigenvalue weighted by Gasteiger charge is -2.10. The molecule has 0 unspecified atom stereocenters. The smallest absolute Gasteiger partial charge is 0.260 e. The molecule has 1 aromatic carbocycles. The molecule has 2 N–H and O–H groups in total. The van der Waals surface area contributed by atoms with Gasteiger partial charge in [-0.25, -0.2) is 13.1 Å². The average Bonchev–Trinajstić information content (AvgIpc) is 3.23. The van der Waals surface area contributed by atoms with Crippen molar-refractivity contribution < 1.29 is 17.6 Å². The van der Waals surface area contributed by atoms with Gasteiger partial charge in [-0.2, -0.15) is 0 Å². The topological polar surface area (TPSA) is 88.4 Å². The highest BCUT2D eigenvalue weighted by Crippen LogP contribution is 2.30. The fourth-order valence-electron chi connectivity index (χ4n) is 2.63. The molecule has 1 heterocycles. The highest BCUT2D eigenvalue weighted by atomic mass is 32.2. The first kappa shape index (κ1) is 16.7. The second-order valence-corrected chi connectivity index (χ2v) is 7.73. The fraction of sp³-hybridized carbons (Fsp3) is 0.353. The normalized spacial score (nSPS) is 14.6. The second kappa shape index (κ2) is 6.07. The van der Waals surface area contributed by atoms with E-state index >= 15 is 0 Å². The first-order chi connectivity index (χ1) is 11.3. The Hall–Kier alpha value is -2.12. The van der Waals surface area contributed by atoms with Crippen molar-refractivity contribution in [2.75, 3.05) is 5.32 Å². The number of aryl methyl sites for hydroxylation is 3. The molecule has 0 saturated heterocycles. The molecule has 0 radical (unpaired) electrons. The van der Waals surface area contributed by atoms with Crippen molar-refractivity contribution in [1.82, 2.24) is 4.72 Å². The molecular formula is C17H20N2O4S. The van der Waals surface area contributed by atoms with Crippen molar-refractivity contribution in [3.05, 3.63) is 46.9 Å². The zero-order valence-corrected chi connectivity index (χ0v) is 14.7. The predicted octanol–water partition coefficient (Wildman–Crippen LogP) is 2.90. The SMILES string of the molecule is Cc1ccccc1NC(=O)c1c(C)oc(C)c1S(=O)(=O)NC1CC1. The van der Waals surface area contributed by atoms with Crippen LogP contribution in [0.3, 0.4) is 0 Å². The Kier molecular flexibility index (Phi) is 4.23. The molecule has 1 aliphatic rings. The lowest BCUT2D eigenvalue weighted by Crippen LogP contribution is -2.28. The van der Waals surface area contributed by atoms with Crippen LogP contribution in [0.2, 0.25) is 0 Å². The maximum atomic E-state index is 12.7. The summed E-state index contributed by atoms with van der Waals surface area (Å²) < 4.78 is 33.3. The zero-order chi connectivity index (χ0) is 17.5. The Labute approximate surface area is 141 Å². The van der Waals surface area contributed by atoms with E-state index in [1.807, 2.05) is 25.1 Å². The Morgan fingerprint density at radius 3 is 2.42 bits per heavy atom. The van der Waals surface area contributed by atoms with Gasteiger partial charge in [-0.15, -0.1) is 0 Å². The van der Waals surface area contributed by atoms with Crippen molar-refractivity contribution in [3.63, 3.8) is 0 Å². The molecule has 1 saturated carbocycles. The van der Waals surface area contributed by atoms with Crippen molar-refractivity contribution in [3.8, 4) is 0 Å². The maximum Gasteiger partial charge on any atom is 0.260 e. The summed E-state index contributed by atoms with van der Waals surface area (Å²) >= 11 is 0. The molecule has 24 heavy (non-hydrogen) atoms. The van der Waals surface area contributed by atoms with Gasteiger partial charge in [0.15, 0.2) is 0 Å². The van der Waals surface area contributed by atoms with Crippen LogP contribution in [0.5, 0.6) is 0 Å². The molecule has 6 nitrogen and oxygen atoms in total. The van der Waals surface area contributed by atoms with Gasteiger partial charge >= 0.3 is 0 Å². The summed E-state index contributed by atoms with van der Waals surface area (Å²) in [5, 5.41) is 2.77. The monoisotopic (exact) mass is 348 g/mol. The minimum Gasteiger partial charge on any atom is -0.464 e. The van der Waals surface area contributed by atoms with Crippen LogP contribution >= 0.6 is 0 Å². The van der Waals surface area contributed by atoms with Gasteiger partial charge in [0.2, 0.25) is 10.0 Å². The van der Waals surface area contributed by atoms with Gasteiger partial charge in [0, 0.05) is 11.7 Å². The predicted molar refractivity (Wildman–Crippen MR) is 90.7 cm³/mol. The van der Waals surface area contributed by atoms with E-state index in [-0.39, 0.29) is 28.0 Å². The molecule has 1 fully saturated rings. The maximum absolute atomic E-state index is 12.7. The van der Waals surface area contributed by atoms with Crippen LogP contribution in [0.1, 0.15) is 40.3 Å². The van der Waals surface area contributed by atoms with Crippen LogP contribution in [0, 0.1) is 20.8 Å². The highest BCUT2D eigenvalue weighted by molar-refractivity contribution is 7.89. The van der Waals surface area contributed by atoms with Crippen LogP contribution in [-0.2, 0) is 10.0 Å². The third-order valence-corrected chi connectivity index (χ3v) is 5.67. The van der Waals surface area contributed by atoms with Crippen LogP contribution < -0.4 is 10.0 Å². The summed E-state index contributed by atoms with van der Waals surface area (Å²) in [5.74, 6) is 0.0140. The largest absolute Gasteiger partial charge is 0.464 e. The van der Waals surface area contributed by atoms with Gasteiger partial charge in [0.05, 0.1) is 0 Å². The van der Waals surface area contributed by atoms with Crippen molar-refractivity contribution in [2.45, 2.75) is 44.6 Å². The third-order valence-electron chi connectivity index (χ3n) is 3.99. The number of furan rings is 1. The van der Waals surface area contributed by atoms with E-state index in [2.05, 4.69) is 10.0 Å². The number of carbonyl (C=O) groups excluding carboxylic acids is 1. The lowest BCUT2D eigenvalue weighted by molar-refractivity contribution is 0.102. The summed E-state index contributed by atoms with van der Waals surface area (Å²) in [5.41, 5.74) is 1.59. The van der Waals surface area contributed by atoms with E-state index in [1.165, 1.54) is 0 Å². The van der Waals surface area contributed by atoms with E-state index in [0.29, 0.717) is 5.69 Å². The van der Waals surface area contributed by atoms with Crippen molar-refractivity contribution in [1.29, 1.82) is 0 Å². The number of carbonyl (C=O) groups is 1. The third kappa shape index (κ3) is 3.22. The molecule has 0 bridgehead atoms. The molecular weight excluding hydrogens is 328 g/mol. The molecule has 7 heteroatoms. The summed E-state index contributed by atoms with van der Waals surface area (Å²) in [7, 11) is -3.79. The summed E-state index contributed by atoms with van der Waals surface area (Å²) in [6.07, 6.45) is 1.64. The number of amides is 1. The average molecular weight is 348 g/mol. The van der Waals surface area contributed by atoms with E-state index in [1.54, 1.807) is 19.9 Å². The number of hydrogen-bond acceptors (Lipinski definition) is 4. The number of sulfonamides is 1. The standard InChI is InChI=1S/C17H20N2O4S/c1-10-6-4-5-7-14(10)18-17(20)15-11(2)23-12(3)16(15)24(21,22)19-13-8-9-13/h4-7,13,19H,8-9H2,1-3H3,(H,18,20). The number of nitrogens with one attached hydrogen (secondary N) is 2. The molecule has 1 amide bonds. The Balaban J connectivity index is 1.98. The quantitative estimate of drug-likeness (QED) is 0.869. The molecule has 0 atom stereocenters. The molecule has 0 spiro atoms. The van der Waals surface area contributed by atoms with E-state index in [4.69, 9.17) is 4.42 Å². The fourth-order valence-corrected chi connectivity index (χ4v) is 4.34. The Morgan fingerprint density at radius 1 is 1.12 bits per heavy atom. The highest BCUT2D eigenvalue weighted by Gasteiger charge is 2.35. The van der Waals surface area contributed by atoms with E-state index in [9.17, 15) is 13.2 Å². The second-order valence-electron chi connectivity index (χ2n) is 6.08. The van der Waals surface area contributed by atoms with Crippen molar-refractivity contribution >= 4 is 21.6 Å². The first-order valence-electron chi connectivity index (χ1n) is 7.79. The Bertz CT molecular complexity index is 895. The molecule has 3 rings (SSSR count). The van der Waals surface area contributed by atoms with E-state index < -0.39 is 15.9 Å². The number of benzene rings is 1. The van der Waals surface area contributed by atoms with Crippen LogP contribution in [0.25, 0.3) is 0 Å². The molecule has 1 aliphatic carbocycles. The number of para-hydroxylation sites is 1. The zero-order valence-electron chi connectivity index (χ0n) is 13.8. The first-order valence-corrected chi connectivity index (χ1v) is 9.27. The minimum atomic E-state index is -3.79. The molecule has 1 aromatic heterocycles.